The van der Waals surface area contributed by atoms with E-state index in [0.717, 1.165) is 27.7 Å². The molecule has 23 heavy (non-hydrogen) atoms. The van der Waals surface area contributed by atoms with Gasteiger partial charge in [0.25, 0.3) is 0 Å². The maximum Gasteiger partial charge on any atom is 0.192 e. The Morgan fingerprint density at radius 2 is 1.48 bits per heavy atom. The van der Waals surface area contributed by atoms with E-state index in [4.69, 9.17) is 0 Å². The first-order valence-corrected chi connectivity index (χ1v) is 8.00. The molecular weight excluding hydrogens is 282 g/mol. The third-order valence-electron chi connectivity index (χ3n) is 5.15. The van der Waals surface area contributed by atoms with Gasteiger partial charge in [-0.2, -0.15) is 0 Å². The van der Waals surface area contributed by atoms with E-state index in [1.54, 1.807) is 0 Å². The molecule has 0 N–H and O–H groups in total. The Labute approximate surface area is 137 Å². The first-order chi connectivity index (χ1) is 10.8. The van der Waals surface area contributed by atoms with Crippen molar-refractivity contribution in [1.82, 2.24) is 4.57 Å². The van der Waals surface area contributed by atoms with Crippen LogP contribution in [0.15, 0.2) is 35.1 Å². The number of benzene rings is 2. The molecule has 2 heteroatoms. The van der Waals surface area contributed by atoms with Crippen LogP contribution in [0.3, 0.4) is 0 Å². The van der Waals surface area contributed by atoms with Gasteiger partial charge >= 0.3 is 0 Å². The summed E-state index contributed by atoms with van der Waals surface area (Å²) >= 11 is 0. The number of pyridine rings is 1. The number of fused-ring (bicyclic) bond motifs is 1. The van der Waals surface area contributed by atoms with E-state index in [9.17, 15) is 4.79 Å². The Morgan fingerprint density at radius 1 is 0.826 bits per heavy atom. The summed E-state index contributed by atoms with van der Waals surface area (Å²) in [5.74, 6) is 0. The number of nitrogens with zero attached hydrogens (tertiary/aromatic N) is 1. The highest BCUT2D eigenvalue weighted by molar-refractivity contribution is 5.96. The predicted octanol–water partition coefficient (Wildman–Crippen LogP) is 4.75. The molecule has 1 heterocycles. The first kappa shape index (κ1) is 15.5. The summed E-state index contributed by atoms with van der Waals surface area (Å²) in [4.78, 5) is 12.7. The van der Waals surface area contributed by atoms with Crippen molar-refractivity contribution >= 4 is 10.9 Å². The fourth-order valence-electron chi connectivity index (χ4n) is 3.27. The molecular formula is C21H23NO. The lowest BCUT2D eigenvalue weighted by Crippen LogP contribution is -2.15. The van der Waals surface area contributed by atoms with Crippen LogP contribution in [0.4, 0.5) is 0 Å². The van der Waals surface area contributed by atoms with Gasteiger partial charge in [-0.05, 0) is 62.9 Å². The molecule has 2 nitrogen and oxygen atoms in total. The fourth-order valence-corrected chi connectivity index (χ4v) is 3.27. The Morgan fingerprint density at radius 3 is 2.13 bits per heavy atom. The Hall–Kier alpha value is -2.35. The summed E-state index contributed by atoms with van der Waals surface area (Å²) in [6, 6.07) is 10.6. The van der Waals surface area contributed by atoms with E-state index in [1.165, 1.54) is 22.3 Å². The van der Waals surface area contributed by atoms with E-state index in [-0.39, 0.29) is 5.43 Å². The van der Waals surface area contributed by atoms with Gasteiger partial charge in [-0.1, -0.05) is 24.3 Å². The van der Waals surface area contributed by atoms with Gasteiger partial charge in [0.15, 0.2) is 5.43 Å². The topological polar surface area (TPSA) is 22.0 Å². The maximum atomic E-state index is 12.7. The zero-order valence-corrected chi connectivity index (χ0v) is 14.7. The van der Waals surface area contributed by atoms with Crippen LogP contribution in [0.5, 0.6) is 0 Å². The van der Waals surface area contributed by atoms with Crippen molar-refractivity contribution in [3.63, 3.8) is 0 Å². The van der Waals surface area contributed by atoms with Crippen LogP contribution in [-0.4, -0.2) is 4.57 Å². The van der Waals surface area contributed by atoms with Crippen molar-refractivity contribution < 1.29 is 0 Å². The molecule has 2 aromatic carbocycles. The minimum atomic E-state index is 0.140. The van der Waals surface area contributed by atoms with Gasteiger partial charge in [-0.25, -0.2) is 0 Å². The molecule has 1 aromatic heterocycles. The molecule has 0 radical (unpaired) electrons. The molecule has 0 atom stereocenters. The predicted molar refractivity (Wildman–Crippen MR) is 98.3 cm³/mol. The molecule has 0 saturated carbocycles. The van der Waals surface area contributed by atoms with E-state index < -0.39 is 0 Å². The molecule has 0 aliphatic heterocycles. The van der Waals surface area contributed by atoms with Crippen molar-refractivity contribution in [2.24, 2.45) is 7.05 Å². The van der Waals surface area contributed by atoms with Crippen LogP contribution in [0.2, 0.25) is 0 Å². The summed E-state index contributed by atoms with van der Waals surface area (Å²) in [6.07, 6.45) is 0. The summed E-state index contributed by atoms with van der Waals surface area (Å²) in [5.41, 5.74) is 9.11. The molecule has 0 aliphatic carbocycles. The lowest BCUT2D eigenvalue weighted by molar-refractivity contribution is 0.884. The van der Waals surface area contributed by atoms with Gasteiger partial charge in [0, 0.05) is 29.3 Å². The standard InChI is InChI=1S/C21H23NO/c1-12-7-9-17(11-14(12)3)19-13(2)8-10-18-20(19)22(6)16(5)15(4)21(18)23/h7-11H,1-6H3. The molecule has 3 rings (SSSR count). The smallest absolute Gasteiger partial charge is 0.192 e. The minimum Gasteiger partial charge on any atom is -0.347 e. The Balaban J connectivity index is 2.52. The Kier molecular flexibility index (Phi) is 3.63. The largest absolute Gasteiger partial charge is 0.347 e. The number of hydrogen-bond acceptors (Lipinski definition) is 1. The molecule has 118 valence electrons. The van der Waals surface area contributed by atoms with Crippen molar-refractivity contribution in [3.05, 3.63) is 68.5 Å². The van der Waals surface area contributed by atoms with Gasteiger partial charge < -0.3 is 4.57 Å². The number of rotatable bonds is 1. The molecule has 0 spiro atoms. The highest BCUT2D eigenvalue weighted by Gasteiger charge is 2.15. The molecule has 0 saturated heterocycles. The van der Waals surface area contributed by atoms with Crippen molar-refractivity contribution in [3.8, 4) is 11.1 Å². The maximum absolute atomic E-state index is 12.7. The normalized spacial score (nSPS) is 11.2. The van der Waals surface area contributed by atoms with Crippen molar-refractivity contribution in [2.75, 3.05) is 0 Å². The second kappa shape index (κ2) is 5.38. The average molecular weight is 305 g/mol. The van der Waals surface area contributed by atoms with Gasteiger partial charge in [0.1, 0.15) is 0 Å². The summed E-state index contributed by atoms with van der Waals surface area (Å²) < 4.78 is 2.16. The lowest BCUT2D eigenvalue weighted by Gasteiger charge is -2.18. The summed E-state index contributed by atoms with van der Waals surface area (Å²) in [7, 11) is 2.05. The van der Waals surface area contributed by atoms with Crippen LogP contribution in [0.1, 0.15) is 27.9 Å². The number of aromatic nitrogens is 1. The third-order valence-corrected chi connectivity index (χ3v) is 5.15. The summed E-state index contributed by atoms with van der Waals surface area (Å²) in [5, 5.41) is 0.800. The molecule has 3 aromatic rings. The highest BCUT2D eigenvalue weighted by atomic mass is 16.1. The van der Waals surface area contributed by atoms with Crippen LogP contribution in [-0.2, 0) is 7.05 Å². The third kappa shape index (κ3) is 2.29. The van der Waals surface area contributed by atoms with Crippen LogP contribution in [0, 0.1) is 34.6 Å². The number of aryl methyl sites for hydroxylation is 4. The van der Waals surface area contributed by atoms with Crippen LogP contribution < -0.4 is 5.43 Å². The summed E-state index contributed by atoms with van der Waals surface area (Å²) in [6.45, 7) is 10.3. The van der Waals surface area contributed by atoms with Crippen LogP contribution in [0.25, 0.3) is 22.0 Å². The van der Waals surface area contributed by atoms with E-state index in [1.807, 2.05) is 27.0 Å². The van der Waals surface area contributed by atoms with E-state index >= 15 is 0 Å². The SMILES string of the molecule is Cc1ccc(-c2c(C)ccc3c(=O)c(C)c(C)n(C)c23)cc1C. The van der Waals surface area contributed by atoms with Crippen LogP contribution >= 0.6 is 0 Å². The molecule has 0 aliphatic rings. The average Bonchev–Trinajstić information content (AvgIpc) is 2.53. The molecule has 0 amide bonds. The fraction of sp³-hybridized carbons (Fsp3) is 0.286. The molecule has 0 fully saturated rings. The lowest BCUT2D eigenvalue weighted by atomic mass is 9.93. The minimum absolute atomic E-state index is 0.140. The Bertz CT molecular complexity index is 993. The van der Waals surface area contributed by atoms with Gasteiger partial charge in [-0.15, -0.1) is 0 Å². The van der Waals surface area contributed by atoms with Gasteiger partial charge in [0.2, 0.25) is 0 Å². The van der Waals surface area contributed by atoms with E-state index in [0.29, 0.717) is 0 Å². The van der Waals surface area contributed by atoms with Crippen molar-refractivity contribution in [2.45, 2.75) is 34.6 Å². The van der Waals surface area contributed by atoms with Gasteiger partial charge in [-0.3, -0.25) is 4.79 Å². The van der Waals surface area contributed by atoms with Gasteiger partial charge in [0.05, 0.1) is 5.52 Å². The highest BCUT2D eigenvalue weighted by Crippen LogP contribution is 2.32. The zero-order chi connectivity index (χ0) is 16.9. The second-order valence-corrected chi connectivity index (χ2v) is 6.55. The quantitative estimate of drug-likeness (QED) is 0.636. The zero-order valence-electron chi connectivity index (χ0n) is 14.7. The monoisotopic (exact) mass is 305 g/mol. The number of hydrogen-bond donors (Lipinski definition) is 0. The molecule has 0 unspecified atom stereocenters. The van der Waals surface area contributed by atoms with E-state index in [2.05, 4.69) is 49.6 Å². The first-order valence-electron chi connectivity index (χ1n) is 8.00. The second-order valence-electron chi connectivity index (χ2n) is 6.55. The van der Waals surface area contributed by atoms with Crippen molar-refractivity contribution in [1.29, 1.82) is 0 Å². The molecule has 0 bridgehead atoms.